The van der Waals surface area contributed by atoms with Crippen LogP contribution in [-0.4, -0.2) is 62.9 Å². The molecule has 7 nitrogen and oxygen atoms in total. The van der Waals surface area contributed by atoms with Crippen molar-refractivity contribution in [3.05, 3.63) is 54.1 Å². The number of carbonyl (C=O) groups is 1. The number of piperazine rings is 1. The largest absolute Gasteiger partial charge is 0.494 e. The van der Waals surface area contributed by atoms with E-state index in [4.69, 9.17) is 9.47 Å². The van der Waals surface area contributed by atoms with E-state index in [1.54, 1.807) is 24.3 Å². The van der Waals surface area contributed by atoms with Gasteiger partial charge in [-0.05, 0) is 49.4 Å². The van der Waals surface area contributed by atoms with E-state index < -0.39 is 26.7 Å². The molecule has 1 heterocycles. The van der Waals surface area contributed by atoms with Gasteiger partial charge in [-0.25, -0.2) is 8.42 Å². The van der Waals surface area contributed by atoms with Crippen molar-refractivity contribution < 1.29 is 35.9 Å². The van der Waals surface area contributed by atoms with Crippen molar-refractivity contribution in [2.75, 3.05) is 39.4 Å². The molecule has 0 N–H and O–H groups in total. The molecule has 1 aliphatic rings. The summed E-state index contributed by atoms with van der Waals surface area (Å²) in [5.41, 5.74) is -1.02. The average molecular weight is 487 g/mol. The first-order valence-corrected chi connectivity index (χ1v) is 11.9. The van der Waals surface area contributed by atoms with Crippen LogP contribution in [0.4, 0.5) is 13.2 Å². The Bertz CT molecular complexity index is 1050. The molecule has 0 bridgehead atoms. The topological polar surface area (TPSA) is 76.2 Å². The molecule has 3 rings (SSSR count). The zero-order valence-electron chi connectivity index (χ0n) is 18.0. The first kappa shape index (κ1) is 24.8. The number of ether oxygens (including phenoxy) is 2. The Labute approximate surface area is 190 Å². The summed E-state index contributed by atoms with van der Waals surface area (Å²) in [6.07, 6.45) is -4.52. The zero-order chi connectivity index (χ0) is 24.1. The van der Waals surface area contributed by atoms with Crippen LogP contribution in [0.1, 0.15) is 18.9 Å². The van der Waals surface area contributed by atoms with Gasteiger partial charge in [0, 0.05) is 26.2 Å². The molecule has 11 heteroatoms. The number of amides is 1. The Balaban J connectivity index is 1.50. The van der Waals surface area contributed by atoms with Gasteiger partial charge >= 0.3 is 6.18 Å². The van der Waals surface area contributed by atoms with Crippen LogP contribution >= 0.6 is 0 Å². The summed E-state index contributed by atoms with van der Waals surface area (Å²) in [5.74, 6) is 1.14. The van der Waals surface area contributed by atoms with Crippen molar-refractivity contribution in [2.45, 2.75) is 24.4 Å². The Morgan fingerprint density at radius 3 is 2.15 bits per heavy atom. The fourth-order valence-electron chi connectivity index (χ4n) is 3.37. The van der Waals surface area contributed by atoms with Gasteiger partial charge in [0.15, 0.2) is 0 Å². The quantitative estimate of drug-likeness (QED) is 0.572. The molecule has 2 aromatic rings. The highest BCUT2D eigenvalue weighted by atomic mass is 32.2. The first-order valence-electron chi connectivity index (χ1n) is 10.4. The molecule has 0 saturated carbocycles. The van der Waals surface area contributed by atoms with Crippen LogP contribution in [0.5, 0.6) is 11.5 Å². The van der Waals surface area contributed by atoms with Crippen molar-refractivity contribution in [1.82, 2.24) is 9.21 Å². The predicted octanol–water partition coefficient (Wildman–Crippen LogP) is 3.41. The molecule has 0 aliphatic carbocycles. The molecule has 0 aromatic heterocycles. The second kappa shape index (κ2) is 10.4. The summed E-state index contributed by atoms with van der Waals surface area (Å²) >= 11 is 0. The summed E-state index contributed by atoms with van der Waals surface area (Å²) in [6.45, 7) is 2.92. The van der Waals surface area contributed by atoms with Gasteiger partial charge in [0.05, 0.1) is 30.1 Å². The van der Waals surface area contributed by atoms with Crippen LogP contribution in [0.3, 0.4) is 0 Å². The summed E-state index contributed by atoms with van der Waals surface area (Å²) in [4.78, 5) is 13.6. The van der Waals surface area contributed by atoms with E-state index in [-0.39, 0.29) is 45.1 Å². The van der Waals surface area contributed by atoms with E-state index in [0.29, 0.717) is 18.4 Å². The fraction of sp³-hybridized carbons (Fsp3) is 0.409. The molecule has 1 fully saturated rings. The fourth-order valence-corrected chi connectivity index (χ4v) is 4.84. The standard InChI is InChI=1S/C22H25F3N2O5S/c1-2-31-18-6-8-19(9-7-18)32-15-10-21(28)26-11-13-27(14-12-26)33(29,30)20-5-3-4-17(16-20)22(23,24)25/h3-9,16H,2,10-15H2,1H3. The third kappa shape index (κ3) is 6.38. The van der Waals surface area contributed by atoms with Gasteiger partial charge in [0.1, 0.15) is 11.5 Å². The van der Waals surface area contributed by atoms with Gasteiger partial charge in [-0.15, -0.1) is 0 Å². The number of nitrogens with zero attached hydrogens (tertiary/aromatic N) is 2. The highest BCUT2D eigenvalue weighted by Crippen LogP contribution is 2.31. The molecule has 0 radical (unpaired) electrons. The molecule has 2 aromatic carbocycles. The summed E-state index contributed by atoms with van der Waals surface area (Å²) in [5, 5.41) is 0. The van der Waals surface area contributed by atoms with Crippen LogP contribution in [0.2, 0.25) is 0 Å². The Morgan fingerprint density at radius 1 is 0.970 bits per heavy atom. The molecule has 1 saturated heterocycles. The molecule has 1 aliphatic heterocycles. The normalized spacial score (nSPS) is 15.3. The van der Waals surface area contributed by atoms with Crippen LogP contribution in [0.25, 0.3) is 0 Å². The monoisotopic (exact) mass is 486 g/mol. The van der Waals surface area contributed by atoms with Crippen LogP contribution in [0, 0.1) is 0 Å². The second-order valence-corrected chi connectivity index (χ2v) is 9.25. The lowest BCUT2D eigenvalue weighted by molar-refractivity contribution is -0.137. The SMILES string of the molecule is CCOc1ccc(OCCC(=O)N2CCN(S(=O)(=O)c3cccc(C(F)(F)F)c3)CC2)cc1. The minimum atomic E-state index is -4.63. The second-order valence-electron chi connectivity index (χ2n) is 7.31. The van der Waals surface area contributed by atoms with Gasteiger partial charge in [-0.2, -0.15) is 17.5 Å². The molecule has 0 unspecified atom stereocenters. The Morgan fingerprint density at radius 2 is 1.58 bits per heavy atom. The van der Waals surface area contributed by atoms with E-state index in [2.05, 4.69) is 0 Å². The first-order chi connectivity index (χ1) is 15.6. The zero-order valence-corrected chi connectivity index (χ0v) is 18.9. The predicted molar refractivity (Wildman–Crippen MR) is 115 cm³/mol. The lowest BCUT2D eigenvalue weighted by Crippen LogP contribution is -2.50. The van der Waals surface area contributed by atoms with Crippen molar-refractivity contribution in [2.24, 2.45) is 0 Å². The number of sulfonamides is 1. The summed E-state index contributed by atoms with van der Waals surface area (Å²) in [7, 11) is -4.09. The maximum Gasteiger partial charge on any atom is 0.416 e. The van der Waals surface area contributed by atoms with Crippen LogP contribution in [-0.2, 0) is 21.0 Å². The van der Waals surface area contributed by atoms with Gasteiger partial charge in [0.2, 0.25) is 15.9 Å². The van der Waals surface area contributed by atoms with Gasteiger partial charge in [-0.3, -0.25) is 4.79 Å². The number of halogens is 3. The van der Waals surface area contributed by atoms with E-state index in [1.165, 1.54) is 4.90 Å². The van der Waals surface area contributed by atoms with E-state index in [9.17, 15) is 26.4 Å². The molecule has 33 heavy (non-hydrogen) atoms. The maximum atomic E-state index is 12.9. The minimum Gasteiger partial charge on any atom is -0.494 e. The van der Waals surface area contributed by atoms with E-state index in [1.807, 2.05) is 6.92 Å². The highest BCUT2D eigenvalue weighted by Gasteiger charge is 2.34. The Hall–Kier alpha value is -2.79. The van der Waals surface area contributed by atoms with Crippen molar-refractivity contribution in [3.63, 3.8) is 0 Å². The smallest absolute Gasteiger partial charge is 0.416 e. The van der Waals surface area contributed by atoms with Gasteiger partial charge in [0.25, 0.3) is 0 Å². The number of hydrogen-bond donors (Lipinski definition) is 0. The van der Waals surface area contributed by atoms with Crippen LogP contribution < -0.4 is 9.47 Å². The van der Waals surface area contributed by atoms with Crippen LogP contribution in [0.15, 0.2) is 53.4 Å². The van der Waals surface area contributed by atoms with Crippen molar-refractivity contribution in [1.29, 1.82) is 0 Å². The molecule has 0 atom stereocenters. The number of benzene rings is 2. The molecule has 1 amide bonds. The maximum absolute atomic E-state index is 12.9. The molecular weight excluding hydrogens is 461 g/mol. The van der Waals surface area contributed by atoms with Gasteiger partial charge < -0.3 is 14.4 Å². The summed E-state index contributed by atoms with van der Waals surface area (Å²) < 4.78 is 76.3. The highest BCUT2D eigenvalue weighted by molar-refractivity contribution is 7.89. The van der Waals surface area contributed by atoms with E-state index >= 15 is 0 Å². The van der Waals surface area contributed by atoms with Crippen molar-refractivity contribution >= 4 is 15.9 Å². The molecular formula is C22H25F3N2O5S. The third-order valence-corrected chi connectivity index (χ3v) is 7.00. The number of rotatable bonds is 8. The number of hydrogen-bond acceptors (Lipinski definition) is 5. The van der Waals surface area contributed by atoms with Crippen molar-refractivity contribution in [3.8, 4) is 11.5 Å². The minimum absolute atomic E-state index is 0.00403. The Kier molecular flexibility index (Phi) is 7.85. The molecule has 180 valence electrons. The van der Waals surface area contributed by atoms with Gasteiger partial charge in [-0.1, -0.05) is 6.07 Å². The lowest BCUT2D eigenvalue weighted by Gasteiger charge is -2.34. The molecule has 0 spiro atoms. The number of alkyl halides is 3. The summed E-state index contributed by atoms with van der Waals surface area (Å²) in [6, 6.07) is 10.7. The third-order valence-electron chi connectivity index (χ3n) is 5.11. The van der Waals surface area contributed by atoms with E-state index in [0.717, 1.165) is 28.3 Å². The number of carbonyl (C=O) groups excluding carboxylic acids is 1. The average Bonchev–Trinajstić information content (AvgIpc) is 2.80. The lowest BCUT2D eigenvalue weighted by atomic mass is 10.2.